The van der Waals surface area contributed by atoms with Gasteiger partial charge in [0.05, 0.1) is 12.2 Å². The topological polar surface area (TPSA) is 74.4 Å². The minimum Gasteiger partial charge on any atom is -0.462 e. The Morgan fingerprint density at radius 1 is 1.38 bits per heavy atom. The molecule has 2 aromatic rings. The maximum atomic E-state index is 11.8. The van der Waals surface area contributed by atoms with Crippen LogP contribution in [0.5, 0.6) is 11.6 Å². The van der Waals surface area contributed by atoms with Gasteiger partial charge in [0.1, 0.15) is 11.4 Å². The average molecular weight is 351 g/mol. The first kappa shape index (κ1) is 15.3. The Morgan fingerprint density at radius 2 is 2.14 bits per heavy atom. The number of carbonyl (C=O) groups is 1. The number of nitrogens with zero attached hydrogens (tertiary/aromatic N) is 1. The molecule has 0 saturated carbocycles. The van der Waals surface area contributed by atoms with Crippen molar-refractivity contribution in [3.05, 3.63) is 46.1 Å². The van der Waals surface area contributed by atoms with Crippen molar-refractivity contribution in [2.24, 2.45) is 0 Å². The Labute approximate surface area is 131 Å². The van der Waals surface area contributed by atoms with E-state index in [1.165, 1.54) is 12.3 Å². The van der Waals surface area contributed by atoms with E-state index >= 15 is 0 Å². The van der Waals surface area contributed by atoms with Gasteiger partial charge in [-0.3, -0.25) is 0 Å². The summed E-state index contributed by atoms with van der Waals surface area (Å²) in [7, 11) is 0. The van der Waals surface area contributed by atoms with Gasteiger partial charge in [0.2, 0.25) is 5.88 Å². The first-order chi connectivity index (χ1) is 10.0. The summed E-state index contributed by atoms with van der Waals surface area (Å²) in [4.78, 5) is 15.9. The number of halogens is 1. The lowest BCUT2D eigenvalue weighted by molar-refractivity contribution is 0.0527. The zero-order valence-corrected chi connectivity index (χ0v) is 13.3. The molecule has 0 fully saturated rings. The molecule has 0 atom stereocenters. The third kappa shape index (κ3) is 3.52. The number of aromatic nitrogens is 1. The number of ether oxygens (including phenoxy) is 2. The van der Waals surface area contributed by atoms with Crippen LogP contribution in [0.1, 0.15) is 22.8 Å². The number of nitrogen functional groups attached to an aromatic ring is 1. The standard InChI is InChI=1S/C15H15BrN2O3/c1-3-20-15(19)11-6-7-18-14(13(11)17)21-12-5-4-10(16)8-9(12)2/h4-8H,3,17H2,1-2H3. The van der Waals surface area contributed by atoms with Crippen molar-refractivity contribution in [1.29, 1.82) is 0 Å². The number of esters is 1. The van der Waals surface area contributed by atoms with Gasteiger partial charge in [-0.15, -0.1) is 0 Å². The van der Waals surface area contributed by atoms with Crippen LogP contribution >= 0.6 is 15.9 Å². The Balaban J connectivity index is 2.32. The van der Waals surface area contributed by atoms with Gasteiger partial charge in [-0.1, -0.05) is 15.9 Å². The predicted octanol–water partition coefficient (Wildman–Crippen LogP) is 3.70. The Kier molecular flexibility index (Phi) is 4.80. The molecule has 2 rings (SSSR count). The molecular weight excluding hydrogens is 336 g/mol. The number of hydrogen-bond donors (Lipinski definition) is 1. The molecular formula is C15H15BrN2O3. The van der Waals surface area contributed by atoms with Crippen LogP contribution < -0.4 is 10.5 Å². The molecule has 1 aromatic carbocycles. The maximum Gasteiger partial charge on any atom is 0.340 e. The highest BCUT2D eigenvalue weighted by Crippen LogP contribution is 2.31. The largest absolute Gasteiger partial charge is 0.462 e. The first-order valence-electron chi connectivity index (χ1n) is 6.38. The minimum absolute atomic E-state index is 0.165. The summed E-state index contributed by atoms with van der Waals surface area (Å²) >= 11 is 3.39. The van der Waals surface area contributed by atoms with Gasteiger partial charge in [-0.05, 0) is 43.7 Å². The summed E-state index contributed by atoms with van der Waals surface area (Å²) in [6, 6.07) is 7.08. The van der Waals surface area contributed by atoms with Crippen LogP contribution in [0, 0.1) is 6.92 Å². The predicted molar refractivity (Wildman–Crippen MR) is 83.6 cm³/mol. The first-order valence-corrected chi connectivity index (χ1v) is 7.17. The van der Waals surface area contributed by atoms with Crippen LogP contribution in [-0.2, 0) is 4.74 Å². The summed E-state index contributed by atoms with van der Waals surface area (Å²) < 4.78 is 11.6. The van der Waals surface area contributed by atoms with Gasteiger partial charge in [0, 0.05) is 10.7 Å². The molecule has 6 heteroatoms. The second kappa shape index (κ2) is 6.58. The molecule has 1 heterocycles. The van der Waals surface area contributed by atoms with Crippen molar-refractivity contribution in [2.45, 2.75) is 13.8 Å². The maximum absolute atomic E-state index is 11.8. The Morgan fingerprint density at radius 3 is 2.81 bits per heavy atom. The van der Waals surface area contributed by atoms with Crippen LogP contribution in [0.3, 0.4) is 0 Å². The normalized spacial score (nSPS) is 10.2. The lowest BCUT2D eigenvalue weighted by Crippen LogP contribution is -2.09. The minimum atomic E-state index is -0.491. The van der Waals surface area contributed by atoms with E-state index in [1.807, 2.05) is 19.1 Å². The van der Waals surface area contributed by atoms with E-state index in [2.05, 4.69) is 20.9 Å². The van der Waals surface area contributed by atoms with Crippen molar-refractivity contribution >= 4 is 27.6 Å². The summed E-state index contributed by atoms with van der Waals surface area (Å²) in [5, 5.41) is 0. The van der Waals surface area contributed by atoms with E-state index in [4.69, 9.17) is 15.2 Å². The fourth-order valence-electron chi connectivity index (χ4n) is 1.75. The van der Waals surface area contributed by atoms with Crippen molar-refractivity contribution in [2.75, 3.05) is 12.3 Å². The summed E-state index contributed by atoms with van der Waals surface area (Å²) in [6.07, 6.45) is 1.46. The van der Waals surface area contributed by atoms with Gasteiger partial charge in [-0.25, -0.2) is 9.78 Å². The summed E-state index contributed by atoms with van der Waals surface area (Å²) in [6.45, 7) is 3.92. The number of aryl methyl sites for hydroxylation is 1. The molecule has 0 bridgehead atoms. The molecule has 0 saturated heterocycles. The molecule has 21 heavy (non-hydrogen) atoms. The monoisotopic (exact) mass is 350 g/mol. The van der Waals surface area contributed by atoms with E-state index in [-0.39, 0.29) is 23.7 Å². The van der Waals surface area contributed by atoms with Gasteiger partial charge in [0.25, 0.3) is 0 Å². The highest BCUT2D eigenvalue weighted by atomic mass is 79.9. The van der Waals surface area contributed by atoms with E-state index in [0.29, 0.717) is 5.75 Å². The van der Waals surface area contributed by atoms with Gasteiger partial charge < -0.3 is 15.2 Å². The van der Waals surface area contributed by atoms with Crippen LogP contribution in [0.2, 0.25) is 0 Å². The van der Waals surface area contributed by atoms with Crippen LogP contribution in [0.15, 0.2) is 34.9 Å². The smallest absolute Gasteiger partial charge is 0.340 e. The molecule has 0 radical (unpaired) electrons. The molecule has 0 aliphatic rings. The van der Waals surface area contributed by atoms with Crippen molar-refractivity contribution in [3.63, 3.8) is 0 Å². The zero-order valence-electron chi connectivity index (χ0n) is 11.7. The number of nitrogens with two attached hydrogens (primary N) is 1. The number of anilines is 1. The molecule has 2 N–H and O–H groups in total. The third-order valence-corrected chi connectivity index (χ3v) is 3.29. The van der Waals surface area contributed by atoms with E-state index in [0.717, 1.165) is 10.0 Å². The number of carbonyl (C=O) groups excluding carboxylic acids is 1. The molecule has 110 valence electrons. The SMILES string of the molecule is CCOC(=O)c1ccnc(Oc2ccc(Br)cc2C)c1N. The molecule has 1 aromatic heterocycles. The Hall–Kier alpha value is -2.08. The van der Waals surface area contributed by atoms with E-state index in [9.17, 15) is 4.79 Å². The summed E-state index contributed by atoms with van der Waals surface area (Å²) in [5.41, 5.74) is 7.28. The highest BCUT2D eigenvalue weighted by molar-refractivity contribution is 9.10. The number of hydrogen-bond acceptors (Lipinski definition) is 5. The fourth-order valence-corrected chi connectivity index (χ4v) is 2.23. The highest BCUT2D eigenvalue weighted by Gasteiger charge is 2.16. The fraction of sp³-hybridized carbons (Fsp3) is 0.200. The van der Waals surface area contributed by atoms with Crippen molar-refractivity contribution in [1.82, 2.24) is 4.98 Å². The van der Waals surface area contributed by atoms with E-state index < -0.39 is 5.97 Å². The second-order valence-corrected chi connectivity index (χ2v) is 5.23. The lowest BCUT2D eigenvalue weighted by Gasteiger charge is -2.12. The van der Waals surface area contributed by atoms with Gasteiger partial charge >= 0.3 is 5.97 Å². The van der Waals surface area contributed by atoms with Crippen LogP contribution in [-0.4, -0.2) is 17.6 Å². The Bertz CT molecular complexity index is 674. The van der Waals surface area contributed by atoms with Crippen molar-refractivity contribution in [3.8, 4) is 11.6 Å². The molecule has 0 unspecified atom stereocenters. The average Bonchev–Trinajstić information content (AvgIpc) is 2.44. The van der Waals surface area contributed by atoms with Crippen molar-refractivity contribution < 1.29 is 14.3 Å². The second-order valence-electron chi connectivity index (χ2n) is 4.31. The van der Waals surface area contributed by atoms with Crippen LogP contribution in [0.25, 0.3) is 0 Å². The number of rotatable bonds is 4. The van der Waals surface area contributed by atoms with Gasteiger partial charge in [0.15, 0.2) is 0 Å². The number of benzene rings is 1. The molecule has 0 aliphatic carbocycles. The summed E-state index contributed by atoms with van der Waals surface area (Å²) in [5.74, 6) is 0.319. The molecule has 0 amide bonds. The van der Waals surface area contributed by atoms with E-state index in [1.54, 1.807) is 13.0 Å². The van der Waals surface area contributed by atoms with Crippen LogP contribution in [0.4, 0.5) is 5.69 Å². The van der Waals surface area contributed by atoms with Gasteiger partial charge in [-0.2, -0.15) is 0 Å². The number of pyridine rings is 1. The quantitative estimate of drug-likeness (QED) is 0.850. The lowest BCUT2D eigenvalue weighted by atomic mass is 10.2. The molecule has 0 spiro atoms. The zero-order chi connectivity index (χ0) is 15.4. The third-order valence-electron chi connectivity index (χ3n) is 2.79. The molecule has 5 nitrogen and oxygen atoms in total. The molecule has 0 aliphatic heterocycles.